The Bertz CT molecular complexity index is 1880. The first-order chi connectivity index (χ1) is 21.6. The Labute approximate surface area is 261 Å². The Balaban J connectivity index is 1.27. The van der Waals surface area contributed by atoms with Crippen LogP contribution in [-0.2, 0) is 24.3 Å². The van der Waals surface area contributed by atoms with E-state index in [0.717, 1.165) is 13.1 Å². The van der Waals surface area contributed by atoms with E-state index >= 15 is 0 Å². The number of fused-ring (bicyclic) bond motifs is 3. The maximum Gasteiger partial charge on any atom is 0.263 e. The van der Waals surface area contributed by atoms with Crippen LogP contribution in [0, 0.1) is 5.92 Å². The van der Waals surface area contributed by atoms with Gasteiger partial charge in [-0.3, -0.25) is 19.0 Å². The number of ether oxygens (including phenoxy) is 2. The van der Waals surface area contributed by atoms with Gasteiger partial charge < -0.3 is 39.6 Å². The summed E-state index contributed by atoms with van der Waals surface area (Å²) >= 11 is 6.30. The van der Waals surface area contributed by atoms with Gasteiger partial charge in [0.15, 0.2) is 17.8 Å². The number of dihydropyridines is 1. The van der Waals surface area contributed by atoms with Crippen LogP contribution < -0.4 is 25.7 Å². The minimum absolute atomic E-state index is 0.00714. The van der Waals surface area contributed by atoms with Crippen LogP contribution in [0.5, 0.6) is 17.2 Å². The number of alkyl halides is 1. The van der Waals surface area contributed by atoms with E-state index in [1.807, 2.05) is 18.9 Å². The Kier molecular flexibility index (Phi) is 7.20. The van der Waals surface area contributed by atoms with Crippen molar-refractivity contribution in [3.8, 4) is 28.4 Å². The van der Waals surface area contributed by atoms with E-state index in [-0.39, 0.29) is 69.4 Å². The molecule has 1 aromatic carbocycles. The highest BCUT2D eigenvalue weighted by atomic mass is 35.5. The average Bonchev–Trinajstić information content (AvgIpc) is 3.74. The van der Waals surface area contributed by atoms with Gasteiger partial charge in [-0.1, -0.05) is 18.5 Å². The lowest BCUT2D eigenvalue weighted by Crippen LogP contribution is -2.49. The minimum Gasteiger partial charge on any atom is -0.504 e. The average molecular weight is 640 g/mol. The fourth-order valence-corrected chi connectivity index (χ4v) is 6.44. The number of carbonyl (C=O) groups is 2. The molecule has 2 aromatic heterocycles. The van der Waals surface area contributed by atoms with Crippen LogP contribution in [0.2, 0.25) is 0 Å². The van der Waals surface area contributed by atoms with Crippen LogP contribution >= 0.6 is 11.6 Å². The van der Waals surface area contributed by atoms with Gasteiger partial charge in [0.1, 0.15) is 23.8 Å². The Morgan fingerprint density at radius 2 is 2.00 bits per heavy atom. The molecule has 0 radical (unpaired) electrons. The Morgan fingerprint density at radius 3 is 2.76 bits per heavy atom. The molecule has 3 N–H and O–H groups in total. The number of phenolic OH excluding ortho intramolecular Hbond substituents is 1. The molecule has 3 aromatic rings. The molecule has 236 valence electrons. The minimum atomic E-state index is -1.70. The summed E-state index contributed by atoms with van der Waals surface area (Å²) in [5.74, 6) is 0.592. The molecule has 1 fully saturated rings. The number of carbonyl (C=O) groups excluding carboxylic acids is 2. The zero-order valence-electron chi connectivity index (χ0n) is 24.6. The van der Waals surface area contributed by atoms with Gasteiger partial charge in [-0.15, -0.1) is 0 Å². The second-order valence-corrected chi connectivity index (χ2v) is 12.2. The highest BCUT2D eigenvalue weighted by molar-refractivity contribution is 6.30. The Morgan fingerprint density at radius 1 is 1.24 bits per heavy atom. The summed E-state index contributed by atoms with van der Waals surface area (Å²) in [5, 5.41) is 16.1. The van der Waals surface area contributed by atoms with Gasteiger partial charge in [0, 0.05) is 62.5 Å². The highest BCUT2D eigenvalue weighted by Crippen LogP contribution is 2.49. The van der Waals surface area contributed by atoms with Crippen molar-refractivity contribution in [3.05, 3.63) is 56.6 Å². The lowest BCUT2D eigenvalue weighted by Gasteiger charge is -2.37. The number of hydrogen-bond donors (Lipinski definition) is 3. The van der Waals surface area contributed by atoms with Crippen LogP contribution in [-0.4, -0.2) is 87.5 Å². The van der Waals surface area contributed by atoms with Crippen molar-refractivity contribution in [2.24, 2.45) is 5.92 Å². The van der Waals surface area contributed by atoms with Gasteiger partial charge in [-0.05, 0) is 19.0 Å². The summed E-state index contributed by atoms with van der Waals surface area (Å²) in [6.07, 6.45) is 2.58. The summed E-state index contributed by atoms with van der Waals surface area (Å²) in [4.78, 5) is 48.2. The van der Waals surface area contributed by atoms with Gasteiger partial charge in [0.2, 0.25) is 24.7 Å². The van der Waals surface area contributed by atoms with Crippen molar-refractivity contribution < 1.29 is 28.6 Å². The first-order valence-electron chi connectivity index (χ1n) is 14.6. The first kappa shape index (κ1) is 29.2. The summed E-state index contributed by atoms with van der Waals surface area (Å²) in [6.45, 7) is 5.03. The summed E-state index contributed by atoms with van der Waals surface area (Å²) < 4.78 is 29.2. The molecular formula is C30H31ClFN7O6. The van der Waals surface area contributed by atoms with Crippen LogP contribution in [0.1, 0.15) is 23.1 Å². The number of allylic oxidation sites excluding steroid dienone is 1. The number of nitrogens with one attached hydrogen (secondary N) is 2. The van der Waals surface area contributed by atoms with E-state index in [2.05, 4.69) is 15.5 Å². The lowest BCUT2D eigenvalue weighted by molar-refractivity contribution is -0.120. The molecule has 1 saturated heterocycles. The zero-order valence-corrected chi connectivity index (χ0v) is 25.4. The fourth-order valence-electron chi connectivity index (χ4n) is 6.28. The van der Waals surface area contributed by atoms with Gasteiger partial charge in [-0.2, -0.15) is 0 Å². The largest absolute Gasteiger partial charge is 0.504 e. The molecule has 0 saturated carbocycles. The van der Waals surface area contributed by atoms with Crippen LogP contribution in [0.4, 0.5) is 4.39 Å². The third kappa shape index (κ3) is 4.97. The van der Waals surface area contributed by atoms with E-state index in [1.165, 1.54) is 10.6 Å². The second kappa shape index (κ2) is 11.1. The molecule has 45 heavy (non-hydrogen) atoms. The highest BCUT2D eigenvalue weighted by Gasteiger charge is 2.32. The number of hydrogen-bond acceptors (Lipinski definition) is 10. The molecule has 7 rings (SSSR count). The number of aldehydes is 1. The van der Waals surface area contributed by atoms with Gasteiger partial charge in [-0.25, -0.2) is 9.37 Å². The fraction of sp³-hybridized carbons (Fsp3) is 0.400. The predicted molar refractivity (Wildman–Crippen MR) is 162 cm³/mol. The first-order valence-corrected chi connectivity index (χ1v) is 15.0. The number of rotatable bonds is 6. The smallest absolute Gasteiger partial charge is 0.263 e. The van der Waals surface area contributed by atoms with Crippen LogP contribution in [0.15, 0.2) is 39.7 Å². The summed E-state index contributed by atoms with van der Waals surface area (Å²) in [6, 6.07) is 1.42. The van der Waals surface area contributed by atoms with Crippen molar-refractivity contribution in [1.29, 1.82) is 0 Å². The molecule has 4 aliphatic heterocycles. The number of benzene rings is 1. The molecule has 0 aliphatic carbocycles. The number of aromatic hydroxyl groups is 1. The number of halogens is 2. The van der Waals surface area contributed by atoms with Crippen LogP contribution in [0.3, 0.4) is 0 Å². The molecule has 2 atom stereocenters. The topological polar surface area (TPSA) is 143 Å². The summed E-state index contributed by atoms with van der Waals surface area (Å²) in [5.41, 5.74) is 0.745. The van der Waals surface area contributed by atoms with E-state index in [4.69, 9.17) is 26.1 Å². The molecule has 2 unspecified atom stereocenters. The van der Waals surface area contributed by atoms with Gasteiger partial charge >= 0.3 is 0 Å². The molecule has 0 bridgehead atoms. The lowest BCUT2D eigenvalue weighted by atomic mass is 10.0. The van der Waals surface area contributed by atoms with E-state index < -0.39 is 12.2 Å². The monoisotopic (exact) mass is 639 g/mol. The normalized spacial score (nSPS) is 21.2. The number of phenols is 1. The molecule has 15 heteroatoms. The number of piperazine rings is 1. The van der Waals surface area contributed by atoms with E-state index in [1.54, 1.807) is 16.8 Å². The second-order valence-electron chi connectivity index (χ2n) is 11.8. The predicted octanol–water partition coefficient (Wildman–Crippen LogP) is 1.86. The number of amides is 1. The molecule has 1 amide bonds. The standard InChI is InChI=1S/C30H31ClFN7O6/c1-15-7-21-35-29-23(30(43)39(21)10-15)18(17-8-16(13-40)25(42)27-26(17)44-14-45-27)11-38(29)12-22(41)33-19-9-20(34-28(32)24(19)31)37-5-3-36(2)4-6-37/h8-9,11,13,15,28,34,42H,3-7,10,12,14H2,1-2H3,(H,33,41). The molecular weight excluding hydrogens is 609 g/mol. The van der Waals surface area contributed by atoms with Crippen molar-refractivity contribution in [2.75, 3.05) is 40.0 Å². The maximum absolute atomic E-state index is 14.9. The van der Waals surface area contributed by atoms with Crippen molar-refractivity contribution in [3.63, 3.8) is 0 Å². The van der Waals surface area contributed by atoms with Crippen LogP contribution in [0.25, 0.3) is 22.2 Å². The number of aromatic nitrogens is 3. The summed E-state index contributed by atoms with van der Waals surface area (Å²) in [7, 11) is 2.02. The zero-order chi connectivity index (χ0) is 31.6. The third-order valence-corrected chi connectivity index (χ3v) is 9.01. The molecule has 4 aliphatic rings. The number of likely N-dealkylation sites (N-methyl/N-ethyl adjacent to an activating group) is 1. The van der Waals surface area contributed by atoms with Crippen molar-refractivity contribution in [1.82, 2.24) is 34.6 Å². The van der Waals surface area contributed by atoms with Gasteiger partial charge in [0.25, 0.3) is 5.56 Å². The third-order valence-electron chi connectivity index (χ3n) is 8.61. The van der Waals surface area contributed by atoms with E-state index in [0.29, 0.717) is 55.1 Å². The maximum atomic E-state index is 14.9. The number of nitrogens with zero attached hydrogens (tertiary/aromatic N) is 5. The molecule has 6 heterocycles. The SMILES string of the molecule is CC1Cc2nc3c(c(-c4cc(C=O)c(O)c5c4OCO5)cn3CC(=O)NC3=C(Cl)C(F)NC(N4CCN(C)CC4)=C3)c(=O)n2C1. The molecule has 13 nitrogen and oxygen atoms in total. The Hall–Kier alpha value is -4.56. The van der Waals surface area contributed by atoms with Gasteiger partial charge in [0.05, 0.1) is 21.7 Å². The molecule has 0 spiro atoms. The van der Waals surface area contributed by atoms with E-state index in [9.17, 15) is 23.9 Å². The van der Waals surface area contributed by atoms with Crippen molar-refractivity contribution in [2.45, 2.75) is 32.7 Å². The van der Waals surface area contributed by atoms with Crippen molar-refractivity contribution >= 4 is 34.8 Å². The quantitative estimate of drug-likeness (QED) is 0.270.